The van der Waals surface area contributed by atoms with Gasteiger partial charge in [0.2, 0.25) is 0 Å². The van der Waals surface area contributed by atoms with E-state index in [-0.39, 0.29) is 6.42 Å². The average molecular weight is 222 g/mol. The third-order valence-electron chi connectivity index (χ3n) is 2.20. The molecule has 0 spiro atoms. The number of carboxylic acids is 1. The average Bonchev–Trinajstić information content (AvgIpc) is 2.60. The van der Waals surface area contributed by atoms with E-state index in [0.717, 1.165) is 21.4 Å². The number of carbonyl (C=O) groups is 1. The summed E-state index contributed by atoms with van der Waals surface area (Å²) in [6.45, 7) is 0. The molecule has 1 N–H and O–H groups in total. The van der Waals surface area contributed by atoms with Gasteiger partial charge in [0.05, 0.1) is 13.5 Å². The Kier molecular flexibility index (Phi) is 2.60. The molecular weight excluding hydrogens is 212 g/mol. The van der Waals surface area contributed by atoms with Crippen molar-refractivity contribution in [2.45, 2.75) is 6.42 Å². The molecule has 0 unspecified atom stereocenters. The first-order valence-electron chi connectivity index (χ1n) is 4.46. The molecular formula is C11H10O3S. The fraction of sp³-hybridized carbons (Fsp3) is 0.182. The second kappa shape index (κ2) is 3.90. The zero-order valence-electron chi connectivity index (χ0n) is 8.19. The second-order valence-electron chi connectivity index (χ2n) is 3.19. The molecule has 0 saturated carbocycles. The Bertz CT molecular complexity index is 502. The maximum atomic E-state index is 10.6. The molecule has 2 aromatic rings. The number of hydrogen-bond acceptors (Lipinski definition) is 3. The predicted octanol–water partition coefficient (Wildman–Crippen LogP) is 2.54. The van der Waals surface area contributed by atoms with E-state index in [1.54, 1.807) is 18.4 Å². The summed E-state index contributed by atoms with van der Waals surface area (Å²) in [5.41, 5.74) is 0.849. The third kappa shape index (κ3) is 1.94. The van der Waals surface area contributed by atoms with Gasteiger partial charge in [0, 0.05) is 4.70 Å². The molecule has 0 bridgehead atoms. The number of hydrogen-bond donors (Lipinski definition) is 1. The van der Waals surface area contributed by atoms with E-state index >= 15 is 0 Å². The molecule has 0 saturated heterocycles. The van der Waals surface area contributed by atoms with Gasteiger partial charge in [-0.2, -0.15) is 0 Å². The van der Waals surface area contributed by atoms with E-state index in [1.165, 1.54) is 0 Å². The number of benzene rings is 1. The van der Waals surface area contributed by atoms with E-state index in [2.05, 4.69) is 0 Å². The summed E-state index contributed by atoms with van der Waals surface area (Å²) in [5, 5.41) is 11.6. The van der Waals surface area contributed by atoms with Crippen LogP contribution in [0.5, 0.6) is 5.75 Å². The van der Waals surface area contributed by atoms with E-state index in [0.29, 0.717) is 0 Å². The van der Waals surface area contributed by atoms with Crippen LogP contribution in [-0.2, 0) is 11.2 Å². The number of rotatable bonds is 3. The minimum Gasteiger partial charge on any atom is -0.497 e. The van der Waals surface area contributed by atoms with Gasteiger partial charge in [0.15, 0.2) is 0 Å². The van der Waals surface area contributed by atoms with Crippen molar-refractivity contribution >= 4 is 27.4 Å². The van der Waals surface area contributed by atoms with Crippen molar-refractivity contribution in [2.24, 2.45) is 0 Å². The van der Waals surface area contributed by atoms with Crippen LogP contribution in [0.2, 0.25) is 0 Å². The summed E-state index contributed by atoms with van der Waals surface area (Å²) in [6.07, 6.45) is 0.0627. The molecule has 0 radical (unpaired) electrons. The van der Waals surface area contributed by atoms with Crippen LogP contribution in [0.25, 0.3) is 10.1 Å². The number of fused-ring (bicyclic) bond motifs is 1. The topological polar surface area (TPSA) is 46.5 Å². The lowest BCUT2D eigenvalue weighted by atomic mass is 10.1. The lowest BCUT2D eigenvalue weighted by Crippen LogP contribution is -1.98. The number of thiophene rings is 1. The SMILES string of the molecule is COc1ccc2scc(CC(=O)O)c2c1. The fourth-order valence-corrected chi connectivity index (χ4v) is 2.43. The van der Waals surface area contributed by atoms with Gasteiger partial charge in [-0.25, -0.2) is 0 Å². The van der Waals surface area contributed by atoms with Crippen molar-refractivity contribution in [3.05, 3.63) is 29.1 Å². The zero-order chi connectivity index (χ0) is 10.8. The third-order valence-corrected chi connectivity index (χ3v) is 3.21. The van der Waals surface area contributed by atoms with Crippen molar-refractivity contribution in [2.75, 3.05) is 7.11 Å². The van der Waals surface area contributed by atoms with Crippen LogP contribution in [-0.4, -0.2) is 18.2 Å². The van der Waals surface area contributed by atoms with Gasteiger partial charge in [-0.1, -0.05) is 0 Å². The number of aliphatic carboxylic acids is 1. The Morgan fingerprint density at radius 3 is 3.00 bits per heavy atom. The quantitative estimate of drug-likeness (QED) is 0.868. The minimum atomic E-state index is -0.808. The number of ether oxygens (including phenoxy) is 1. The minimum absolute atomic E-state index is 0.0627. The number of carboxylic acid groups (broad SMARTS) is 1. The largest absolute Gasteiger partial charge is 0.497 e. The Balaban J connectivity index is 2.51. The zero-order valence-corrected chi connectivity index (χ0v) is 9.00. The summed E-state index contributed by atoms with van der Waals surface area (Å²) >= 11 is 1.56. The molecule has 0 atom stereocenters. The molecule has 78 valence electrons. The summed E-state index contributed by atoms with van der Waals surface area (Å²) < 4.78 is 6.20. The van der Waals surface area contributed by atoms with Crippen molar-refractivity contribution in [1.29, 1.82) is 0 Å². The van der Waals surface area contributed by atoms with Crippen LogP contribution in [0.4, 0.5) is 0 Å². The summed E-state index contributed by atoms with van der Waals surface area (Å²) in [6, 6.07) is 5.71. The van der Waals surface area contributed by atoms with Crippen molar-refractivity contribution in [3.8, 4) is 5.75 Å². The van der Waals surface area contributed by atoms with Crippen molar-refractivity contribution < 1.29 is 14.6 Å². The Morgan fingerprint density at radius 2 is 2.33 bits per heavy atom. The van der Waals surface area contributed by atoms with Crippen LogP contribution in [0.15, 0.2) is 23.6 Å². The van der Waals surface area contributed by atoms with E-state index in [9.17, 15) is 4.79 Å². The van der Waals surface area contributed by atoms with E-state index < -0.39 is 5.97 Å². The monoisotopic (exact) mass is 222 g/mol. The Morgan fingerprint density at radius 1 is 1.53 bits per heavy atom. The van der Waals surface area contributed by atoms with E-state index in [1.807, 2.05) is 23.6 Å². The summed E-state index contributed by atoms with van der Waals surface area (Å²) in [7, 11) is 1.60. The van der Waals surface area contributed by atoms with Gasteiger partial charge in [-0.05, 0) is 34.5 Å². The maximum Gasteiger partial charge on any atom is 0.307 e. The summed E-state index contributed by atoms with van der Waals surface area (Å²) in [4.78, 5) is 10.6. The van der Waals surface area contributed by atoms with Crippen molar-refractivity contribution in [1.82, 2.24) is 0 Å². The second-order valence-corrected chi connectivity index (χ2v) is 4.10. The van der Waals surface area contributed by atoms with Gasteiger partial charge in [-0.3, -0.25) is 4.79 Å². The highest BCUT2D eigenvalue weighted by molar-refractivity contribution is 7.17. The molecule has 0 aliphatic heterocycles. The van der Waals surface area contributed by atoms with Gasteiger partial charge in [0.25, 0.3) is 0 Å². The smallest absolute Gasteiger partial charge is 0.307 e. The molecule has 3 nitrogen and oxygen atoms in total. The lowest BCUT2D eigenvalue weighted by molar-refractivity contribution is -0.136. The molecule has 4 heteroatoms. The van der Waals surface area contributed by atoms with Gasteiger partial charge >= 0.3 is 5.97 Å². The molecule has 0 amide bonds. The molecule has 1 aromatic heterocycles. The standard InChI is InChI=1S/C11H10O3S/c1-14-8-2-3-10-9(5-8)7(6-15-10)4-11(12)13/h2-3,5-6H,4H2,1H3,(H,12,13). The van der Waals surface area contributed by atoms with E-state index in [4.69, 9.17) is 9.84 Å². The molecule has 0 aliphatic carbocycles. The van der Waals surface area contributed by atoms with Gasteiger partial charge < -0.3 is 9.84 Å². The molecule has 0 fully saturated rings. The lowest BCUT2D eigenvalue weighted by Gasteiger charge is -2.00. The molecule has 0 aliphatic rings. The van der Waals surface area contributed by atoms with Crippen LogP contribution in [0.3, 0.4) is 0 Å². The Labute approximate surface area is 90.9 Å². The van der Waals surface area contributed by atoms with Crippen LogP contribution >= 0.6 is 11.3 Å². The molecule has 2 rings (SSSR count). The normalized spacial score (nSPS) is 10.5. The van der Waals surface area contributed by atoms with Gasteiger partial charge in [-0.15, -0.1) is 11.3 Å². The first kappa shape index (κ1) is 9.98. The highest BCUT2D eigenvalue weighted by Crippen LogP contribution is 2.29. The highest BCUT2D eigenvalue weighted by Gasteiger charge is 2.08. The fourth-order valence-electron chi connectivity index (χ4n) is 1.49. The van der Waals surface area contributed by atoms with Crippen LogP contribution in [0.1, 0.15) is 5.56 Å². The maximum absolute atomic E-state index is 10.6. The number of methoxy groups -OCH3 is 1. The van der Waals surface area contributed by atoms with Crippen LogP contribution < -0.4 is 4.74 Å². The molecule has 1 heterocycles. The van der Waals surface area contributed by atoms with Gasteiger partial charge in [0.1, 0.15) is 5.75 Å². The van der Waals surface area contributed by atoms with Crippen molar-refractivity contribution in [3.63, 3.8) is 0 Å². The van der Waals surface area contributed by atoms with Crippen LogP contribution in [0, 0.1) is 0 Å². The summed E-state index contributed by atoms with van der Waals surface area (Å²) in [5.74, 6) is -0.0509. The highest BCUT2D eigenvalue weighted by atomic mass is 32.1. The molecule has 15 heavy (non-hydrogen) atoms. The Hall–Kier alpha value is -1.55. The molecule has 1 aromatic carbocycles. The first-order valence-corrected chi connectivity index (χ1v) is 5.34. The predicted molar refractivity (Wildman–Crippen MR) is 59.7 cm³/mol. The first-order chi connectivity index (χ1) is 7.20.